The number of nitrogens with one attached hydrogen (secondary N) is 1. The van der Waals surface area contributed by atoms with Gasteiger partial charge in [-0.15, -0.1) is 0 Å². The van der Waals surface area contributed by atoms with E-state index in [1.54, 1.807) is 7.11 Å². The van der Waals surface area contributed by atoms with Crippen LogP contribution in [0.1, 0.15) is 32.3 Å². The van der Waals surface area contributed by atoms with Gasteiger partial charge in [0.15, 0.2) is 0 Å². The number of aromatic nitrogens is 2. The molecular weight excluding hydrogens is 238 g/mol. The Morgan fingerprint density at radius 2 is 2.24 bits per heavy atom. The lowest BCUT2D eigenvalue weighted by Gasteiger charge is -2.16. The summed E-state index contributed by atoms with van der Waals surface area (Å²) < 4.78 is 5.05. The van der Waals surface area contributed by atoms with Crippen LogP contribution < -0.4 is 5.32 Å². The summed E-state index contributed by atoms with van der Waals surface area (Å²) in [5.41, 5.74) is 1.00. The quantitative estimate of drug-likeness (QED) is 0.763. The average molecular weight is 258 g/mol. The van der Waals surface area contributed by atoms with Crippen LogP contribution in [-0.4, -0.2) is 29.7 Å². The molecule has 0 spiro atoms. The molecule has 4 nitrogen and oxygen atoms in total. The molecule has 96 valence electrons. The van der Waals surface area contributed by atoms with Crippen molar-refractivity contribution < 1.29 is 4.74 Å². The molecule has 1 N–H and O–H groups in total. The lowest BCUT2D eigenvalue weighted by Crippen LogP contribution is -2.19. The smallest absolute Gasteiger partial charge is 0.137 e. The highest BCUT2D eigenvalue weighted by Gasteiger charge is 2.11. The van der Waals surface area contributed by atoms with E-state index < -0.39 is 0 Å². The van der Waals surface area contributed by atoms with Crippen molar-refractivity contribution in [2.45, 2.75) is 39.2 Å². The van der Waals surface area contributed by atoms with E-state index in [0.717, 1.165) is 37.3 Å². The summed E-state index contributed by atoms with van der Waals surface area (Å²) in [5.74, 6) is 0.843. The first-order valence-electron chi connectivity index (χ1n) is 5.93. The molecule has 5 heteroatoms. The number of hydrogen-bond acceptors (Lipinski definition) is 4. The second-order valence-electron chi connectivity index (χ2n) is 4.07. The molecule has 1 rings (SSSR count). The van der Waals surface area contributed by atoms with Gasteiger partial charge in [-0.2, -0.15) is 0 Å². The Hall–Kier alpha value is -0.870. The summed E-state index contributed by atoms with van der Waals surface area (Å²) in [6.07, 6.45) is 4.34. The molecule has 0 aromatic carbocycles. The molecule has 1 unspecified atom stereocenters. The summed E-state index contributed by atoms with van der Waals surface area (Å²) in [4.78, 5) is 8.28. The van der Waals surface area contributed by atoms with Gasteiger partial charge in [0, 0.05) is 25.3 Å². The minimum atomic E-state index is 0.302. The van der Waals surface area contributed by atoms with Gasteiger partial charge < -0.3 is 10.1 Å². The fourth-order valence-electron chi connectivity index (χ4n) is 1.59. The van der Waals surface area contributed by atoms with Gasteiger partial charge in [-0.25, -0.2) is 9.97 Å². The van der Waals surface area contributed by atoms with Gasteiger partial charge in [-0.3, -0.25) is 0 Å². The monoisotopic (exact) mass is 257 g/mol. The van der Waals surface area contributed by atoms with Crippen molar-refractivity contribution in [2.24, 2.45) is 0 Å². The molecule has 0 aliphatic rings. The van der Waals surface area contributed by atoms with Crippen molar-refractivity contribution in [1.29, 1.82) is 0 Å². The van der Waals surface area contributed by atoms with Gasteiger partial charge in [0.1, 0.15) is 17.3 Å². The Bertz CT molecular complexity index is 347. The number of rotatable bonds is 7. The van der Waals surface area contributed by atoms with E-state index in [0.29, 0.717) is 11.2 Å². The van der Waals surface area contributed by atoms with E-state index in [2.05, 4.69) is 29.1 Å². The molecule has 0 amide bonds. The summed E-state index contributed by atoms with van der Waals surface area (Å²) in [6.45, 7) is 4.95. The largest absolute Gasteiger partial charge is 0.385 e. The van der Waals surface area contributed by atoms with E-state index in [1.807, 2.05) is 0 Å². The molecule has 0 radical (unpaired) electrons. The molecule has 0 saturated heterocycles. The maximum absolute atomic E-state index is 6.08. The first-order chi connectivity index (χ1) is 8.19. The minimum Gasteiger partial charge on any atom is -0.385 e. The van der Waals surface area contributed by atoms with Crippen molar-refractivity contribution in [3.05, 3.63) is 17.0 Å². The number of hydrogen-bond donors (Lipinski definition) is 1. The van der Waals surface area contributed by atoms with Crippen LogP contribution in [0.15, 0.2) is 6.33 Å². The predicted octanol–water partition coefficient (Wildman–Crippen LogP) is 2.92. The second-order valence-corrected chi connectivity index (χ2v) is 4.43. The highest BCUT2D eigenvalue weighted by atomic mass is 35.5. The van der Waals surface area contributed by atoms with Crippen molar-refractivity contribution in [3.8, 4) is 0 Å². The van der Waals surface area contributed by atoms with Gasteiger partial charge in [0.25, 0.3) is 0 Å². The fourth-order valence-corrected chi connectivity index (χ4v) is 1.81. The first kappa shape index (κ1) is 14.2. The Balaban J connectivity index is 2.72. The maximum Gasteiger partial charge on any atom is 0.137 e. The molecule has 17 heavy (non-hydrogen) atoms. The van der Waals surface area contributed by atoms with Crippen LogP contribution in [0, 0.1) is 0 Å². The van der Waals surface area contributed by atoms with E-state index >= 15 is 0 Å². The summed E-state index contributed by atoms with van der Waals surface area (Å²) >= 11 is 6.08. The minimum absolute atomic E-state index is 0.302. The SMILES string of the molecule is CCCc1c(Cl)ncnc1NC(C)CCOC. The third-order valence-corrected chi connectivity index (χ3v) is 2.86. The number of methoxy groups -OCH3 is 1. The number of nitrogens with zero attached hydrogens (tertiary/aromatic N) is 2. The zero-order chi connectivity index (χ0) is 12.7. The Labute approximate surface area is 108 Å². The number of ether oxygens (including phenoxy) is 1. The third-order valence-electron chi connectivity index (χ3n) is 2.53. The molecule has 0 aliphatic heterocycles. The van der Waals surface area contributed by atoms with Crippen LogP contribution in [0.2, 0.25) is 5.15 Å². The second kappa shape index (κ2) is 7.45. The molecule has 0 saturated carbocycles. The molecule has 1 aromatic heterocycles. The van der Waals surface area contributed by atoms with Gasteiger partial charge in [-0.05, 0) is 19.8 Å². The van der Waals surface area contributed by atoms with E-state index in [1.165, 1.54) is 6.33 Å². The fraction of sp³-hybridized carbons (Fsp3) is 0.667. The highest BCUT2D eigenvalue weighted by molar-refractivity contribution is 6.30. The van der Waals surface area contributed by atoms with Crippen LogP contribution >= 0.6 is 11.6 Å². The predicted molar refractivity (Wildman–Crippen MR) is 70.6 cm³/mol. The molecule has 1 heterocycles. The summed E-state index contributed by atoms with van der Waals surface area (Å²) in [6, 6.07) is 0.302. The van der Waals surface area contributed by atoms with Crippen LogP contribution in [0.3, 0.4) is 0 Å². The lowest BCUT2D eigenvalue weighted by atomic mass is 10.1. The van der Waals surface area contributed by atoms with Crippen LogP contribution in [-0.2, 0) is 11.2 Å². The molecule has 0 aliphatic carbocycles. The normalized spacial score (nSPS) is 12.5. The van der Waals surface area contributed by atoms with Gasteiger partial charge >= 0.3 is 0 Å². The van der Waals surface area contributed by atoms with Crippen molar-refractivity contribution in [1.82, 2.24) is 9.97 Å². The molecule has 1 atom stereocenters. The Kier molecular flexibility index (Phi) is 6.22. The zero-order valence-corrected chi connectivity index (χ0v) is 11.4. The molecule has 1 aromatic rings. The van der Waals surface area contributed by atoms with E-state index in [4.69, 9.17) is 16.3 Å². The summed E-state index contributed by atoms with van der Waals surface area (Å²) in [7, 11) is 1.71. The Morgan fingerprint density at radius 3 is 2.88 bits per heavy atom. The first-order valence-corrected chi connectivity index (χ1v) is 6.31. The Morgan fingerprint density at radius 1 is 1.47 bits per heavy atom. The lowest BCUT2D eigenvalue weighted by molar-refractivity contribution is 0.191. The molecule has 0 fully saturated rings. The zero-order valence-electron chi connectivity index (χ0n) is 10.7. The molecule has 0 bridgehead atoms. The van der Waals surface area contributed by atoms with Gasteiger partial charge in [-0.1, -0.05) is 24.9 Å². The summed E-state index contributed by atoms with van der Waals surface area (Å²) in [5, 5.41) is 3.90. The van der Waals surface area contributed by atoms with Gasteiger partial charge in [0.05, 0.1) is 0 Å². The van der Waals surface area contributed by atoms with Gasteiger partial charge in [0.2, 0.25) is 0 Å². The number of anilines is 1. The average Bonchev–Trinajstić information content (AvgIpc) is 2.31. The maximum atomic E-state index is 6.08. The van der Waals surface area contributed by atoms with Crippen molar-refractivity contribution in [3.63, 3.8) is 0 Å². The topological polar surface area (TPSA) is 47.0 Å². The van der Waals surface area contributed by atoms with Crippen LogP contribution in [0.4, 0.5) is 5.82 Å². The molecular formula is C12H20ClN3O. The van der Waals surface area contributed by atoms with Crippen LogP contribution in [0.25, 0.3) is 0 Å². The van der Waals surface area contributed by atoms with Crippen LogP contribution in [0.5, 0.6) is 0 Å². The van der Waals surface area contributed by atoms with E-state index in [9.17, 15) is 0 Å². The highest BCUT2D eigenvalue weighted by Crippen LogP contribution is 2.22. The standard InChI is InChI=1S/C12H20ClN3O/c1-4-5-10-11(13)14-8-15-12(10)16-9(2)6-7-17-3/h8-9H,4-7H2,1-3H3,(H,14,15,16). The van der Waals surface area contributed by atoms with Crippen molar-refractivity contribution in [2.75, 3.05) is 19.0 Å². The van der Waals surface area contributed by atoms with Crippen molar-refractivity contribution >= 4 is 17.4 Å². The number of halogens is 1. The third kappa shape index (κ3) is 4.48. The van der Waals surface area contributed by atoms with E-state index in [-0.39, 0.29) is 0 Å².